The molecule has 100 valence electrons. The Kier molecular flexibility index (Phi) is 6.48. The van der Waals surface area contributed by atoms with Gasteiger partial charge in [-0.05, 0) is 29.9 Å². The lowest BCUT2D eigenvalue weighted by Gasteiger charge is -2.07. The van der Waals surface area contributed by atoms with E-state index < -0.39 is 0 Å². The van der Waals surface area contributed by atoms with Crippen LogP contribution < -0.4 is 5.32 Å². The number of benzene rings is 1. The summed E-state index contributed by atoms with van der Waals surface area (Å²) in [5.74, 6) is 0.741. The van der Waals surface area contributed by atoms with Crippen LogP contribution in [0.3, 0.4) is 0 Å². The minimum Gasteiger partial charge on any atom is -0.352 e. The molecule has 0 bridgehead atoms. The quantitative estimate of drug-likeness (QED) is 0.782. The molecule has 1 N–H and O–H groups in total. The molecule has 18 heavy (non-hydrogen) atoms. The van der Waals surface area contributed by atoms with Gasteiger partial charge >= 0.3 is 0 Å². The second kappa shape index (κ2) is 7.91. The third-order valence-electron chi connectivity index (χ3n) is 3.00. The molecular weight excluding hydrogens is 222 g/mol. The van der Waals surface area contributed by atoms with Gasteiger partial charge in [0.15, 0.2) is 0 Å². The molecule has 0 aromatic heterocycles. The van der Waals surface area contributed by atoms with Gasteiger partial charge in [0.25, 0.3) is 0 Å². The van der Waals surface area contributed by atoms with Gasteiger partial charge in [-0.1, -0.05) is 51.5 Å². The van der Waals surface area contributed by atoms with E-state index in [-0.39, 0.29) is 5.91 Å². The van der Waals surface area contributed by atoms with Crippen LogP contribution in [0.5, 0.6) is 0 Å². The number of nitrogens with one attached hydrogen (secondary N) is 1. The second-order valence-corrected chi connectivity index (χ2v) is 5.28. The molecule has 0 radical (unpaired) electrons. The molecule has 1 rings (SSSR count). The molecule has 0 fully saturated rings. The molecule has 0 atom stereocenters. The molecule has 0 saturated carbocycles. The first kappa shape index (κ1) is 14.7. The highest BCUT2D eigenvalue weighted by Crippen LogP contribution is 2.07. The van der Waals surface area contributed by atoms with Crippen molar-refractivity contribution in [2.45, 2.75) is 53.0 Å². The Balaban J connectivity index is 2.32. The number of carbonyl (C=O) groups is 1. The Morgan fingerprint density at radius 1 is 1.17 bits per heavy atom. The molecule has 0 unspecified atom stereocenters. The van der Waals surface area contributed by atoms with E-state index in [1.807, 2.05) is 0 Å². The summed E-state index contributed by atoms with van der Waals surface area (Å²) in [6, 6.07) is 8.51. The van der Waals surface area contributed by atoms with Crippen LogP contribution in [0, 0.1) is 5.92 Å². The fourth-order valence-corrected chi connectivity index (χ4v) is 1.82. The summed E-state index contributed by atoms with van der Waals surface area (Å²) in [6.07, 6.45) is 3.89. The fourth-order valence-electron chi connectivity index (χ4n) is 1.82. The van der Waals surface area contributed by atoms with Crippen LogP contribution in [-0.4, -0.2) is 5.91 Å². The van der Waals surface area contributed by atoms with Gasteiger partial charge in [-0.25, -0.2) is 0 Å². The highest BCUT2D eigenvalue weighted by molar-refractivity contribution is 5.75. The average Bonchev–Trinajstić information content (AvgIpc) is 2.36. The van der Waals surface area contributed by atoms with Crippen LogP contribution in [0.4, 0.5) is 0 Å². The van der Waals surface area contributed by atoms with Gasteiger partial charge in [-0.3, -0.25) is 4.79 Å². The summed E-state index contributed by atoms with van der Waals surface area (Å²) >= 11 is 0. The lowest BCUT2D eigenvalue weighted by molar-refractivity contribution is -0.121. The number of amides is 1. The normalized spacial score (nSPS) is 10.7. The van der Waals surface area contributed by atoms with Gasteiger partial charge in [0.2, 0.25) is 5.91 Å². The standard InChI is InChI=1S/C16H25NO/c1-4-5-14-7-9-15(10-8-14)12-17-16(18)11-6-13(2)3/h7-10,13H,4-6,11-12H2,1-3H3,(H,17,18). The lowest BCUT2D eigenvalue weighted by Crippen LogP contribution is -2.22. The summed E-state index contributed by atoms with van der Waals surface area (Å²) in [4.78, 5) is 11.6. The van der Waals surface area contributed by atoms with E-state index in [9.17, 15) is 4.79 Å². The molecule has 2 nitrogen and oxygen atoms in total. The Morgan fingerprint density at radius 2 is 1.78 bits per heavy atom. The maximum absolute atomic E-state index is 11.6. The van der Waals surface area contributed by atoms with Gasteiger partial charge in [-0.2, -0.15) is 0 Å². The number of aryl methyl sites for hydroxylation is 1. The van der Waals surface area contributed by atoms with E-state index in [0.29, 0.717) is 18.9 Å². The number of rotatable bonds is 7. The molecule has 0 saturated heterocycles. The van der Waals surface area contributed by atoms with Crippen molar-refractivity contribution in [2.75, 3.05) is 0 Å². The molecule has 0 aliphatic rings. The molecule has 1 aromatic rings. The molecule has 1 aromatic carbocycles. The topological polar surface area (TPSA) is 29.1 Å². The van der Waals surface area contributed by atoms with E-state index in [1.54, 1.807) is 0 Å². The van der Waals surface area contributed by atoms with E-state index in [0.717, 1.165) is 12.8 Å². The third kappa shape index (κ3) is 5.85. The van der Waals surface area contributed by atoms with Crippen molar-refractivity contribution in [2.24, 2.45) is 5.92 Å². The molecule has 2 heteroatoms. The summed E-state index contributed by atoms with van der Waals surface area (Å²) in [6.45, 7) is 7.10. The van der Waals surface area contributed by atoms with Gasteiger partial charge < -0.3 is 5.32 Å². The van der Waals surface area contributed by atoms with Crippen molar-refractivity contribution in [3.05, 3.63) is 35.4 Å². The molecule has 0 aliphatic carbocycles. The van der Waals surface area contributed by atoms with E-state index >= 15 is 0 Å². The van der Waals surface area contributed by atoms with Crippen LogP contribution in [0.2, 0.25) is 0 Å². The maximum atomic E-state index is 11.6. The van der Waals surface area contributed by atoms with E-state index in [1.165, 1.54) is 17.5 Å². The first-order valence-electron chi connectivity index (χ1n) is 6.96. The smallest absolute Gasteiger partial charge is 0.220 e. The zero-order chi connectivity index (χ0) is 13.4. The van der Waals surface area contributed by atoms with Crippen molar-refractivity contribution < 1.29 is 4.79 Å². The minimum absolute atomic E-state index is 0.154. The SMILES string of the molecule is CCCc1ccc(CNC(=O)CCC(C)C)cc1. The summed E-state index contributed by atoms with van der Waals surface area (Å²) < 4.78 is 0. The summed E-state index contributed by atoms with van der Waals surface area (Å²) in [5.41, 5.74) is 2.54. The number of hydrogen-bond donors (Lipinski definition) is 1. The maximum Gasteiger partial charge on any atom is 0.220 e. The number of hydrogen-bond acceptors (Lipinski definition) is 1. The molecule has 0 heterocycles. The predicted octanol–water partition coefficient (Wildman–Crippen LogP) is 3.69. The molecule has 0 aliphatic heterocycles. The van der Waals surface area contributed by atoms with Crippen LogP contribution in [0.25, 0.3) is 0 Å². The third-order valence-corrected chi connectivity index (χ3v) is 3.00. The molecule has 0 spiro atoms. The highest BCUT2D eigenvalue weighted by Gasteiger charge is 2.03. The zero-order valence-corrected chi connectivity index (χ0v) is 11.8. The zero-order valence-electron chi connectivity index (χ0n) is 11.8. The van der Waals surface area contributed by atoms with Crippen molar-refractivity contribution in [3.63, 3.8) is 0 Å². The van der Waals surface area contributed by atoms with Gasteiger partial charge in [0.05, 0.1) is 0 Å². The molecule has 1 amide bonds. The molecular formula is C16H25NO. The van der Waals surface area contributed by atoms with Gasteiger partial charge in [0.1, 0.15) is 0 Å². The van der Waals surface area contributed by atoms with Crippen LogP contribution in [0.15, 0.2) is 24.3 Å². The Hall–Kier alpha value is -1.31. The second-order valence-electron chi connectivity index (χ2n) is 5.28. The lowest BCUT2D eigenvalue weighted by atomic mass is 10.1. The van der Waals surface area contributed by atoms with E-state index in [4.69, 9.17) is 0 Å². The Bertz CT molecular complexity index is 354. The minimum atomic E-state index is 0.154. The van der Waals surface area contributed by atoms with Crippen molar-refractivity contribution >= 4 is 5.91 Å². The van der Waals surface area contributed by atoms with Crippen LogP contribution in [-0.2, 0) is 17.8 Å². The van der Waals surface area contributed by atoms with E-state index in [2.05, 4.69) is 50.4 Å². The Morgan fingerprint density at radius 3 is 2.33 bits per heavy atom. The van der Waals surface area contributed by atoms with Crippen LogP contribution >= 0.6 is 0 Å². The first-order valence-corrected chi connectivity index (χ1v) is 6.96. The number of carbonyl (C=O) groups excluding carboxylic acids is 1. The first-order chi connectivity index (χ1) is 8.61. The Labute approximate surface area is 111 Å². The average molecular weight is 247 g/mol. The van der Waals surface area contributed by atoms with Gasteiger partial charge in [0, 0.05) is 13.0 Å². The van der Waals surface area contributed by atoms with Gasteiger partial charge in [-0.15, -0.1) is 0 Å². The monoisotopic (exact) mass is 247 g/mol. The largest absolute Gasteiger partial charge is 0.352 e. The van der Waals surface area contributed by atoms with Crippen molar-refractivity contribution in [3.8, 4) is 0 Å². The fraction of sp³-hybridized carbons (Fsp3) is 0.562. The van der Waals surface area contributed by atoms with Crippen molar-refractivity contribution in [1.29, 1.82) is 0 Å². The predicted molar refractivity (Wildman–Crippen MR) is 76.4 cm³/mol. The summed E-state index contributed by atoms with van der Waals surface area (Å²) in [5, 5.41) is 2.97. The van der Waals surface area contributed by atoms with Crippen LogP contribution in [0.1, 0.15) is 51.2 Å². The summed E-state index contributed by atoms with van der Waals surface area (Å²) in [7, 11) is 0. The highest BCUT2D eigenvalue weighted by atomic mass is 16.1. The van der Waals surface area contributed by atoms with Crippen molar-refractivity contribution in [1.82, 2.24) is 5.32 Å².